The molecule has 0 spiro atoms. The van der Waals surface area contributed by atoms with Gasteiger partial charge in [-0.3, -0.25) is 4.90 Å². The fourth-order valence-electron chi connectivity index (χ4n) is 2.11. The van der Waals surface area contributed by atoms with Gasteiger partial charge < -0.3 is 10.4 Å². The van der Waals surface area contributed by atoms with Crippen LogP contribution < -0.4 is 5.32 Å². The number of aliphatic hydroxyl groups is 1. The number of likely N-dealkylation sites (N-methyl/N-ethyl adjacent to an activating group) is 1. The molecule has 0 radical (unpaired) electrons. The molecule has 1 heterocycles. The van der Waals surface area contributed by atoms with Crippen LogP contribution in [0, 0.1) is 0 Å². The van der Waals surface area contributed by atoms with Crippen LogP contribution in [0.1, 0.15) is 26.2 Å². The molecule has 2 N–H and O–H groups in total. The highest BCUT2D eigenvalue weighted by Gasteiger charge is 2.22. The van der Waals surface area contributed by atoms with Gasteiger partial charge in [-0.15, -0.1) is 0 Å². The predicted molar refractivity (Wildman–Crippen MR) is 54.8 cm³/mol. The lowest BCUT2D eigenvalue weighted by Crippen LogP contribution is -2.47. The fraction of sp³-hybridized carbons (Fsp3) is 1.00. The Balaban J connectivity index is 2.36. The average Bonchev–Trinajstić information content (AvgIpc) is 2.08. The summed E-state index contributed by atoms with van der Waals surface area (Å²) in [5.74, 6) is 0. The van der Waals surface area contributed by atoms with E-state index in [1.54, 1.807) is 0 Å². The predicted octanol–water partition coefficient (Wildman–Crippen LogP) is 0.441. The van der Waals surface area contributed by atoms with Gasteiger partial charge in [0.1, 0.15) is 0 Å². The van der Waals surface area contributed by atoms with Crippen LogP contribution in [0.15, 0.2) is 0 Å². The highest BCUT2D eigenvalue weighted by molar-refractivity contribution is 4.79. The highest BCUT2D eigenvalue weighted by Crippen LogP contribution is 2.16. The van der Waals surface area contributed by atoms with Crippen LogP contribution in [-0.4, -0.2) is 48.8 Å². The molecule has 1 rings (SSSR count). The topological polar surface area (TPSA) is 35.5 Å². The summed E-state index contributed by atoms with van der Waals surface area (Å²) in [5, 5.41) is 12.5. The maximum Gasteiger partial charge on any atom is 0.0639 e. The van der Waals surface area contributed by atoms with Gasteiger partial charge in [0.2, 0.25) is 0 Å². The van der Waals surface area contributed by atoms with Crippen molar-refractivity contribution in [3.8, 4) is 0 Å². The Bertz CT molecular complexity index is 137. The molecule has 2 atom stereocenters. The zero-order valence-corrected chi connectivity index (χ0v) is 8.79. The van der Waals surface area contributed by atoms with Gasteiger partial charge >= 0.3 is 0 Å². The second-order valence-corrected chi connectivity index (χ2v) is 4.05. The molecule has 3 heteroatoms. The second kappa shape index (κ2) is 5.58. The summed E-state index contributed by atoms with van der Waals surface area (Å²) in [6.07, 6.45) is 3.70. The molecule has 0 aromatic carbocycles. The van der Waals surface area contributed by atoms with Gasteiger partial charge in [-0.25, -0.2) is 0 Å². The van der Waals surface area contributed by atoms with E-state index >= 15 is 0 Å². The van der Waals surface area contributed by atoms with E-state index in [0.29, 0.717) is 6.04 Å². The van der Waals surface area contributed by atoms with Gasteiger partial charge in [0.25, 0.3) is 0 Å². The van der Waals surface area contributed by atoms with Gasteiger partial charge in [0, 0.05) is 19.1 Å². The zero-order valence-electron chi connectivity index (χ0n) is 8.79. The van der Waals surface area contributed by atoms with Gasteiger partial charge in [0.05, 0.1) is 6.10 Å². The number of hydrogen-bond acceptors (Lipinski definition) is 3. The van der Waals surface area contributed by atoms with Crippen molar-refractivity contribution in [1.82, 2.24) is 10.2 Å². The molecule has 13 heavy (non-hydrogen) atoms. The van der Waals surface area contributed by atoms with Gasteiger partial charge in [-0.2, -0.15) is 0 Å². The molecule has 1 fully saturated rings. The summed E-state index contributed by atoms with van der Waals surface area (Å²) in [4.78, 5) is 2.41. The lowest BCUT2D eigenvalue weighted by Gasteiger charge is -2.36. The van der Waals surface area contributed by atoms with E-state index in [-0.39, 0.29) is 6.10 Å². The first-order valence-corrected chi connectivity index (χ1v) is 5.30. The molecule has 1 unspecified atom stereocenters. The van der Waals surface area contributed by atoms with Crippen molar-refractivity contribution in [3.05, 3.63) is 0 Å². The second-order valence-electron chi connectivity index (χ2n) is 4.05. The number of piperidine rings is 1. The highest BCUT2D eigenvalue weighted by atomic mass is 16.3. The monoisotopic (exact) mass is 186 g/mol. The maximum atomic E-state index is 9.33. The molecule has 1 aliphatic rings. The molecule has 0 bridgehead atoms. The van der Waals surface area contributed by atoms with Crippen molar-refractivity contribution >= 4 is 0 Å². The van der Waals surface area contributed by atoms with Gasteiger partial charge in [-0.05, 0) is 33.4 Å². The van der Waals surface area contributed by atoms with Crippen molar-refractivity contribution in [2.24, 2.45) is 0 Å². The van der Waals surface area contributed by atoms with Crippen molar-refractivity contribution in [3.63, 3.8) is 0 Å². The van der Waals surface area contributed by atoms with Crippen LogP contribution in [0.25, 0.3) is 0 Å². The third-order valence-corrected chi connectivity index (χ3v) is 2.69. The zero-order chi connectivity index (χ0) is 9.68. The summed E-state index contributed by atoms with van der Waals surface area (Å²) in [6.45, 7) is 4.89. The minimum absolute atomic E-state index is 0.197. The van der Waals surface area contributed by atoms with Crippen LogP contribution in [0.4, 0.5) is 0 Å². The number of hydrogen-bond donors (Lipinski definition) is 2. The lowest BCUT2D eigenvalue weighted by molar-refractivity contribution is 0.0769. The molecule has 1 aliphatic heterocycles. The van der Waals surface area contributed by atoms with E-state index in [2.05, 4.69) is 10.2 Å². The van der Waals surface area contributed by atoms with Crippen LogP contribution in [0.5, 0.6) is 0 Å². The molecule has 0 aliphatic carbocycles. The third kappa shape index (κ3) is 3.63. The van der Waals surface area contributed by atoms with Crippen molar-refractivity contribution in [2.75, 3.05) is 26.7 Å². The third-order valence-electron chi connectivity index (χ3n) is 2.69. The van der Waals surface area contributed by atoms with Crippen LogP contribution in [-0.2, 0) is 0 Å². The Morgan fingerprint density at radius 1 is 1.54 bits per heavy atom. The number of likely N-dealkylation sites (tertiary alicyclic amines) is 1. The Morgan fingerprint density at radius 3 is 2.92 bits per heavy atom. The minimum Gasteiger partial charge on any atom is -0.392 e. The van der Waals surface area contributed by atoms with Crippen LogP contribution >= 0.6 is 0 Å². The number of aliphatic hydroxyl groups excluding tert-OH is 1. The smallest absolute Gasteiger partial charge is 0.0639 e. The largest absolute Gasteiger partial charge is 0.392 e. The van der Waals surface area contributed by atoms with E-state index in [9.17, 15) is 5.11 Å². The minimum atomic E-state index is -0.197. The van der Waals surface area contributed by atoms with Gasteiger partial charge in [0.15, 0.2) is 0 Å². The van der Waals surface area contributed by atoms with Crippen molar-refractivity contribution in [2.45, 2.75) is 38.3 Å². The van der Waals surface area contributed by atoms with Crippen molar-refractivity contribution < 1.29 is 5.11 Å². The van der Waals surface area contributed by atoms with E-state index in [0.717, 1.165) is 19.6 Å². The van der Waals surface area contributed by atoms with Crippen LogP contribution in [0.3, 0.4) is 0 Å². The number of nitrogens with zero attached hydrogens (tertiary/aromatic N) is 1. The van der Waals surface area contributed by atoms with E-state index in [4.69, 9.17) is 0 Å². The Hall–Kier alpha value is -0.120. The number of β-amino-alcohol motifs (C(OH)–C–C–N with tert-alkyl or cyclic N) is 1. The van der Waals surface area contributed by atoms with Crippen LogP contribution in [0.2, 0.25) is 0 Å². The Morgan fingerprint density at radius 2 is 2.31 bits per heavy atom. The molecule has 1 saturated heterocycles. The van der Waals surface area contributed by atoms with E-state index in [1.807, 2.05) is 14.0 Å². The maximum absolute atomic E-state index is 9.33. The van der Waals surface area contributed by atoms with E-state index < -0.39 is 0 Å². The number of rotatable bonds is 4. The molecule has 3 nitrogen and oxygen atoms in total. The summed E-state index contributed by atoms with van der Waals surface area (Å²) >= 11 is 0. The normalized spacial score (nSPS) is 27.5. The Kier molecular flexibility index (Phi) is 4.70. The number of nitrogens with one attached hydrogen (secondary N) is 1. The fourth-order valence-corrected chi connectivity index (χ4v) is 2.11. The standard InChI is InChI=1S/C10H22N2O/c1-9(13)8-12-6-4-3-5-10(12)7-11-2/h9-11,13H,3-8H2,1-2H3/t9-,10?/m0/s1. The first-order chi connectivity index (χ1) is 6.24. The molecular weight excluding hydrogens is 164 g/mol. The van der Waals surface area contributed by atoms with Gasteiger partial charge in [-0.1, -0.05) is 6.42 Å². The molecule has 0 saturated carbocycles. The summed E-state index contributed by atoms with van der Waals surface area (Å²) in [7, 11) is 2.00. The van der Waals surface area contributed by atoms with E-state index in [1.165, 1.54) is 19.3 Å². The van der Waals surface area contributed by atoms with Crippen molar-refractivity contribution in [1.29, 1.82) is 0 Å². The summed E-state index contributed by atoms with van der Waals surface area (Å²) in [6, 6.07) is 0.633. The summed E-state index contributed by atoms with van der Waals surface area (Å²) < 4.78 is 0. The SMILES string of the molecule is CNCC1CCCCN1C[C@H](C)O. The molecular formula is C10H22N2O. The first-order valence-electron chi connectivity index (χ1n) is 5.30. The average molecular weight is 186 g/mol. The molecule has 78 valence electrons. The molecule has 0 amide bonds. The lowest BCUT2D eigenvalue weighted by atomic mass is 10.0. The Labute approximate surface area is 81.1 Å². The quantitative estimate of drug-likeness (QED) is 0.669. The first kappa shape index (κ1) is 11.0. The molecule has 0 aromatic rings. The summed E-state index contributed by atoms with van der Waals surface area (Å²) in [5.41, 5.74) is 0. The molecule has 0 aromatic heterocycles.